The van der Waals surface area contributed by atoms with Crippen molar-refractivity contribution in [2.45, 2.75) is 25.2 Å². The largest absolute Gasteiger partial charge is 0.435 e. The first-order chi connectivity index (χ1) is 7.45. The number of H-pyrrole nitrogens is 1. The molecule has 1 aromatic rings. The molecule has 1 aliphatic heterocycles. The average molecular weight is 234 g/mol. The lowest BCUT2D eigenvalue weighted by molar-refractivity contribution is -0.141. The molecule has 90 valence electrons. The summed E-state index contributed by atoms with van der Waals surface area (Å²) < 4.78 is 36.8. The molecule has 0 bridgehead atoms. The molecule has 0 aromatic carbocycles. The first-order valence-electron chi connectivity index (χ1n) is 5.04. The van der Waals surface area contributed by atoms with Gasteiger partial charge in [-0.1, -0.05) is 0 Å². The fraction of sp³-hybridized carbons (Fsp3) is 0.667. The second kappa shape index (κ2) is 4.06. The van der Waals surface area contributed by atoms with Crippen LogP contribution in [0.2, 0.25) is 0 Å². The highest BCUT2D eigenvalue weighted by molar-refractivity contribution is 5.11. The van der Waals surface area contributed by atoms with Gasteiger partial charge < -0.3 is 5.73 Å². The Morgan fingerprint density at radius 2 is 2.31 bits per heavy atom. The van der Waals surface area contributed by atoms with Crippen molar-refractivity contribution in [3.8, 4) is 0 Å². The molecule has 2 heterocycles. The molecule has 2 rings (SSSR count). The number of halogens is 3. The van der Waals surface area contributed by atoms with Gasteiger partial charge in [0.25, 0.3) is 0 Å². The van der Waals surface area contributed by atoms with Crippen molar-refractivity contribution in [3.05, 3.63) is 17.5 Å². The number of likely N-dealkylation sites (tertiary alicyclic amines) is 1. The number of alkyl halides is 3. The van der Waals surface area contributed by atoms with E-state index in [-0.39, 0.29) is 6.04 Å². The number of rotatable bonds is 2. The van der Waals surface area contributed by atoms with Crippen LogP contribution >= 0.6 is 0 Å². The molecule has 3 N–H and O–H groups in total. The molecule has 4 nitrogen and oxygen atoms in total. The summed E-state index contributed by atoms with van der Waals surface area (Å²) in [6.45, 7) is 1.98. The Balaban J connectivity index is 1.98. The van der Waals surface area contributed by atoms with Crippen LogP contribution in [0.25, 0.3) is 0 Å². The fourth-order valence-corrected chi connectivity index (χ4v) is 1.83. The van der Waals surface area contributed by atoms with Crippen molar-refractivity contribution in [2.75, 3.05) is 13.1 Å². The van der Waals surface area contributed by atoms with Gasteiger partial charge in [-0.2, -0.15) is 18.3 Å². The third kappa shape index (κ3) is 2.53. The molecule has 1 aromatic heterocycles. The zero-order chi connectivity index (χ0) is 11.8. The molecule has 7 heteroatoms. The first kappa shape index (κ1) is 11.4. The zero-order valence-corrected chi connectivity index (χ0v) is 8.59. The Morgan fingerprint density at radius 3 is 2.81 bits per heavy atom. The van der Waals surface area contributed by atoms with Crippen LogP contribution in [0.5, 0.6) is 0 Å². The molecule has 0 unspecified atom stereocenters. The van der Waals surface area contributed by atoms with Gasteiger partial charge in [0.2, 0.25) is 0 Å². The van der Waals surface area contributed by atoms with E-state index < -0.39 is 11.9 Å². The lowest BCUT2D eigenvalue weighted by Crippen LogP contribution is -2.26. The van der Waals surface area contributed by atoms with Gasteiger partial charge >= 0.3 is 6.18 Å². The van der Waals surface area contributed by atoms with Crippen molar-refractivity contribution in [3.63, 3.8) is 0 Å². The molecule has 0 saturated carbocycles. The number of aromatic amines is 1. The molecule has 1 aliphatic rings. The summed E-state index contributed by atoms with van der Waals surface area (Å²) in [7, 11) is 0. The Bertz CT molecular complexity index is 360. The summed E-state index contributed by atoms with van der Waals surface area (Å²) in [5, 5.41) is 5.64. The summed E-state index contributed by atoms with van der Waals surface area (Å²) >= 11 is 0. The normalized spacial score (nSPS) is 22.9. The van der Waals surface area contributed by atoms with Crippen molar-refractivity contribution in [1.29, 1.82) is 0 Å². The quantitative estimate of drug-likeness (QED) is 0.801. The van der Waals surface area contributed by atoms with E-state index in [4.69, 9.17) is 5.73 Å². The van der Waals surface area contributed by atoms with Crippen LogP contribution in [-0.2, 0) is 12.7 Å². The van der Waals surface area contributed by atoms with Gasteiger partial charge in [-0.15, -0.1) is 0 Å². The zero-order valence-electron chi connectivity index (χ0n) is 8.59. The average Bonchev–Trinajstić information content (AvgIpc) is 2.74. The van der Waals surface area contributed by atoms with Gasteiger partial charge in [0.15, 0.2) is 5.69 Å². The van der Waals surface area contributed by atoms with Gasteiger partial charge in [-0.25, -0.2) is 0 Å². The molecule has 0 spiro atoms. The predicted octanol–water partition coefficient (Wildman–Crippen LogP) is 0.961. The number of nitrogens with two attached hydrogens (primary N) is 1. The van der Waals surface area contributed by atoms with Gasteiger partial charge in [-0.3, -0.25) is 10.00 Å². The summed E-state index contributed by atoms with van der Waals surface area (Å²) in [5.41, 5.74) is 5.31. The van der Waals surface area contributed by atoms with E-state index in [0.717, 1.165) is 25.6 Å². The van der Waals surface area contributed by atoms with Gasteiger partial charge in [0.05, 0.1) is 0 Å². The summed E-state index contributed by atoms with van der Waals surface area (Å²) in [5.74, 6) is 0. The number of aromatic nitrogens is 2. The van der Waals surface area contributed by atoms with Crippen LogP contribution in [0.3, 0.4) is 0 Å². The third-order valence-corrected chi connectivity index (χ3v) is 2.62. The standard InChI is InChI=1S/C9H13F3N4/c10-9(11,12)8-3-7(14-15-8)5-16-2-1-6(13)4-16/h3,6H,1-2,4-5,13H2,(H,14,15)/t6-/m1/s1. The van der Waals surface area contributed by atoms with Crippen LogP contribution in [0.4, 0.5) is 13.2 Å². The molecule has 0 aliphatic carbocycles. The fourth-order valence-electron chi connectivity index (χ4n) is 1.83. The minimum absolute atomic E-state index is 0.130. The third-order valence-electron chi connectivity index (χ3n) is 2.62. The SMILES string of the molecule is N[C@@H]1CCN(Cc2cc(C(F)(F)F)n[nH]2)C1. The maximum Gasteiger partial charge on any atom is 0.435 e. The summed E-state index contributed by atoms with van der Waals surface area (Å²) in [6.07, 6.45) is -3.49. The van der Waals surface area contributed by atoms with Crippen LogP contribution in [-0.4, -0.2) is 34.2 Å². The minimum Gasteiger partial charge on any atom is -0.326 e. The predicted molar refractivity (Wildman–Crippen MR) is 51.5 cm³/mol. The highest BCUT2D eigenvalue weighted by Crippen LogP contribution is 2.28. The summed E-state index contributed by atoms with van der Waals surface area (Å²) in [6, 6.07) is 1.18. The molecule has 1 fully saturated rings. The number of nitrogens with zero attached hydrogens (tertiary/aromatic N) is 2. The minimum atomic E-state index is -4.38. The molecule has 16 heavy (non-hydrogen) atoms. The van der Waals surface area contributed by atoms with E-state index in [1.807, 2.05) is 4.90 Å². The maximum absolute atomic E-state index is 12.3. The highest BCUT2D eigenvalue weighted by Gasteiger charge is 2.34. The Labute approximate surface area is 90.6 Å². The van der Waals surface area contributed by atoms with Crippen molar-refractivity contribution in [2.24, 2.45) is 5.73 Å². The lowest BCUT2D eigenvalue weighted by atomic mass is 10.3. The maximum atomic E-state index is 12.3. The number of hydrogen-bond acceptors (Lipinski definition) is 3. The summed E-state index contributed by atoms with van der Waals surface area (Å²) in [4.78, 5) is 2.01. The van der Waals surface area contributed by atoms with Gasteiger partial charge in [-0.05, 0) is 12.5 Å². The highest BCUT2D eigenvalue weighted by atomic mass is 19.4. The van der Waals surface area contributed by atoms with Gasteiger partial charge in [0.1, 0.15) is 0 Å². The topological polar surface area (TPSA) is 57.9 Å². The number of nitrogens with one attached hydrogen (secondary N) is 1. The van der Waals surface area contributed by atoms with E-state index in [0.29, 0.717) is 12.2 Å². The van der Waals surface area contributed by atoms with Crippen LogP contribution in [0.15, 0.2) is 6.07 Å². The Hall–Kier alpha value is -1.08. The van der Waals surface area contributed by atoms with E-state index in [1.54, 1.807) is 0 Å². The molecule has 0 amide bonds. The first-order valence-corrected chi connectivity index (χ1v) is 5.04. The molecule has 0 radical (unpaired) electrons. The van der Waals surface area contributed by atoms with E-state index in [9.17, 15) is 13.2 Å². The Morgan fingerprint density at radius 1 is 1.56 bits per heavy atom. The van der Waals surface area contributed by atoms with E-state index >= 15 is 0 Å². The second-order valence-electron chi connectivity index (χ2n) is 4.06. The molecular formula is C9H13F3N4. The smallest absolute Gasteiger partial charge is 0.326 e. The number of hydrogen-bond donors (Lipinski definition) is 2. The molecule has 1 saturated heterocycles. The van der Waals surface area contributed by atoms with Crippen LogP contribution < -0.4 is 5.73 Å². The van der Waals surface area contributed by atoms with Crippen LogP contribution in [0, 0.1) is 0 Å². The van der Waals surface area contributed by atoms with Crippen molar-refractivity contribution >= 4 is 0 Å². The molecular weight excluding hydrogens is 221 g/mol. The van der Waals surface area contributed by atoms with E-state index in [2.05, 4.69) is 10.2 Å². The lowest BCUT2D eigenvalue weighted by Gasteiger charge is -2.12. The van der Waals surface area contributed by atoms with Gasteiger partial charge in [0, 0.05) is 31.4 Å². The second-order valence-corrected chi connectivity index (χ2v) is 4.06. The van der Waals surface area contributed by atoms with Crippen molar-refractivity contribution < 1.29 is 13.2 Å². The molecule has 1 atom stereocenters. The van der Waals surface area contributed by atoms with E-state index in [1.165, 1.54) is 0 Å². The Kier molecular flexibility index (Phi) is 2.90. The van der Waals surface area contributed by atoms with Crippen LogP contribution in [0.1, 0.15) is 17.8 Å². The van der Waals surface area contributed by atoms with Crippen molar-refractivity contribution in [1.82, 2.24) is 15.1 Å². The monoisotopic (exact) mass is 234 g/mol.